The minimum Gasteiger partial charge on any atom is -0.481 e. The fraction of sp³-hybridized carbons (Fsp3) is 0.786. The highest BCUT2D eigenvalue weighted by molar-refractivity contribution is 5.76. The SMILES string of the molecule is CCOC(=O)CCNC(=O)NC(CC(=O)O)CC(C)(C)C. The largest absolute Gasteiger partial charge is 0.481 e. The first-order chi connectivity index (χ1) is 9.64. The number of carboxylic acids is 1. The molecule has 0 aliphatic carbocycles. The minimum absolute atomic E-state index is 0.0874. The van der Waals surface area contributed by atoms with E-state index in [2.05, 4.69) is 10.6 Å². The Hall–Kier alpha value is -1.79. The number of aliphatic carboxylic acids is 1. The van der Waals surface area contributed by atoms with E-state index in [4.69, 9.17) is 9.84 Å². The van der Waals surface area contributed by atoms with Crippen LogP contribution in [0.25, 0.3) is 0 Å². The van der Waals surface area contributed by atoms with Crippen molar-refractivity contribution in [1.29, 1.82) is 0 Å². The third-order valence-electron chi connectivity index (χ3n) is 2.54. The lowest BCUT2D eigenvalue weighted by Gasteiger charge is -2.25. The highest BCUT2D eigenvalue weighted by Crippen LogP contribution is 2.22. The molecule has 0 heterocycles. The fourth-order valence-electron chi connectivity index (χ4n) is 1.87. The summed E-state index contributed by atoms with van der Waals surface area (Å²) in [5, 5.41) is 14.0. The van der Waals surface area contributed by atoms with Crippen molar-refractivity contribution in [3.8, 4) is 0 Å². The number of rotatable bonds is 8. The molecule has 0 rings (SSSR count). The van der Waals surface area contributed by atoms with Crippen molar-refractivity contribution in [2.75, 3.05) is 13.2 Å². The quantitative estimate of drug-likeness (QED) is 0.590. The van der Waals surface area contributed by atoms with Crippen LogP contribution in [0.1, 0.15) is 47.0 Å². The van der Waals surface area contributed by atoms with E-state index in [1.165, 1.54) is 0 Å². The summed E-state index contributed by atoms with van der Waals surface area (Å²) < 4.78 is 4.73. The van der Waals surface area contributed by atoms with E-state index in [1.807, 2.05) is 20.8 Å². The van der Waals surface area contributed by atoms with Crippen LogP contribution in [0.15, 0.2) is 0 Å². The summed E-state index contributed by atoms with van der Waals surface area (Å²) >= 11 is 0. The Labute approximate surface area is 125 Å². The van der Waals surface area contributed by atoms with Crippen molar-refractivity contribution in [2.24, 2.45) is 5.41 Å². The van der Waals surface area contributed by atoms with Gasteiger partial charge in [0.25, 0.3) is 0 Å². The van der Waals surface area contributed by atoms with E-state index in [1.54, 1.807) is 6.92 Å². The van der Waals surface area contributed by atoms with Crippen LogP contribution in [-0.4, -0.2) is 42.3 Å². The molecule has 0 aliphatic heterocycles. The fourth-order valence-corrected chi connectivity index (χ4v) is 1.87. The van der Waals surface area contributed by atoms with Crippen LogP contribution in [0.5, 0.6) is 0 Å². The summed E-state index contributed by atoms with van der Waals surface area (Å²) in [5.41, 5.74) is -0.0989. The maximum atomic E-state index is 11.7. The number of hydrogen-bond donors (Lipinski definition) is 3. The van der Waals surface area contributed by atoms with E-state index in [0.717, 1.165) is 0 Å². The van der Waals surface area contributed by atoms with Gasteiger partial charge in [-0.15, -0.1) is 0 Å². The maximum Gasteiger partial charge on any atom is 0.315 e. The molecule has 21 heavy (non-hydrogen) atoms. The van der Waals surface area contributed by atoms with Crippen LogP contribution >= 0.6 is 0 Å². The summed E-state index contributed by atoms with van der Waals surface area (Å²) in [7, 11) is 0. The van der Waals surface area contributed by atoms with E-state index in [9.17, 15) is 14.4 Å². The molecule has 0 spiro atoms. The van der Waals surface area contributed by atoms with Gasteiger partial charge in [0.2, 0.25) is 0 Å². The van der Waals surface area contributed by atoms with E-state index in [-0.39, 0.29) is 30.8 Å². The number of carbonyl (C=O) groups excluding carboxylic acids is 2. The number of carboxylic acid groups (broad SMARTS) is 1. The predicted octanol–water partition coefficient (Wildman–Crippen LogP) is 1.52. The molecule has 0 radical (unpaired) electrons. The molecule has 3 N–H and O–H groups in total. The Morgan fingerprint density at radius 2 is 1.86 bits per heavy atom. The van der Waals surface area contributed by atoms with Gasteiger partial charge >= 0.3 is 18.0 Å². The van der Waals surface area contributed by atoms with Crippen molar-refractivity contribution in [2.45, 2.75) is 53.0 Å². The Bertz CT molecular complexity index is 363. The van der Waals surface area contributed by atoms with Gasteiger partial charge < -0.3 is 20.5 Å². The molecule has 7 nitrogen and oxygen atoms in total. The molecule has 7 heteroatoms. The number of carbonyl (C=O) groups is 3. The second kappa shape index (κ2) is 9.20. The van der Waals surface area contributed by atoms with Crippen LogP contribution in [-0.2, 0) is 14.3 Å². The molecule has 0 bridgehead atoms. The molecule has 1 atom stereocenters. The summed E-state index contributed by atoms with van der Waals surface area (Å²) in [6.07, 6.45) is 0.497. The van der Waals surface area contributed by atoms with Crippen molar-refractivity contribution in [1.82, 2.24) is 10.6 Å². The highest BCUT2D eigenvalue weighted by Gasteiger charge is 2.22. The molecular formula is C14H26N2O5. The first kappa shape index (κ1) is 19.2. The predicted molar refractivity (Wildman–Crippen MR) is 77.9 cm³/mol. The zero-order valence-corrected chi connectivity index (χ0v) is 13.2. The molecule has 0 aromatic heterocycles. The topological polar surface area (TPSA) is 105 Å². The Morgan fingerprint density at radius 1 is 1.24 bits per heavy atom. The van der Waals surface area contributed by atoms with Crippen LogP contribution in [0.4, 0.5) is 4.79 Å². The smallest absolute Gasteiger partial charge is 0.315 e. The number of hydrogen-bond acceptors (Lipinski definition) is 4. The second-order valence-corrected chi connectivity index (χ2v) is 6.01. The van der Waals surface area contributed by atoms with E-state index < -0.39 is 18.0 Å². The normalized spacial score (nSPS) is 12.4. The number of nitrogens with one attached hydrogen (secondary N) is 2. The van der Waals surface area contributed by atoms with Crippen LogP contribution in [0.3, 0.4) is 0 Å². The zero-order valence-electron chi connectivity index (χ0n) is 13.2. The standard InChI is InChI=1S/C14H26N2O5/c1-5-21-12(19)6-7-15-13(20)16-10(8-11(17)18)9-14(2,3)4/h10H,5-9H2,1-4H3,(H,17,18)(H2,15,16,20). The van der Waals surface area contributed by atoms with Crippen molar-refractivity contribution < 1.29 is 24.2 Å². The van der Waals surface area contributed by atoms with Gasteiger partial charge in [-0.05, 0) is 18.8 Å². The summed E-state index contributed by atoms with van der Waals surface area (Å²) in [4.78, 5) is 33.6. The summed E-state index contributed by atoms with van der Waals surface area (Å²) in [6, 6.07) is -0.931. The molecule has 0 aromatic rings. The Morgan fingerprint density at radius 3 is 2.33 bits per heavy atom. The lowest BCUT2D eigenvalue weighted by Crippen LogP contribution is -2.45. The lowest BCUT2D eigenvalue weighted by atomic mass is 9.87. The van der Waals surface area contributed by atoms with Gasteiger partial charge in [-0.25, -0.2) is 4.79 Å². The van der Waals surface area contributed by atoms with Gasteiger partial charge in [0, 0.05) is 12.6 Å². The third-order valence-corrected chi connectivity index (χ3v) is 2.54. The summed E-state index contributed by atoms with van der Waals surface area (Å²) in [5.74, 6) is -1.34. The molecule has 0 fully saturated rings. The molecule has 0 aliphatic rings. The monoisotopic (exact) mass is 302 g/mol. The second-order valence-electron chi connectivity index (χ2n) is 6.01. The first-order valence-electron chi connectivity index (χ1n) is 7.06. The van der Waals surface area contributed by atoms with E-state index in [0.29, 0.717) is 13.0 Å². The molecule has 1 unspecified atom stereocenters. The van der Waals surface area contributed by atoms with Crippen molar-refractivity contribution in [3.63, 3.8) is 0 Å². The molecule has 122 valence electrons. The third kappa shape index (κ3) is 11.7. The zero-order chi connectivity index (χ0) is 16.5. The van der Waals surface area contributed by atoms with Gasteiger partial charge in [0.05, 0.1) is 19.4 Å². The van der Waals surface area contributed by atoms with Gasteiger partial charge in [0.1, 0.15) is 0 Å². The number of ether oxygens (including phenoxy) is 1. The Kier molecular flexibility index (Phi) is 8.42. The van der Waals surface area contributed by atoms with Crippen molar-refractivity contribution >= 4 is 18.0 Å². The average Bonchev–Trinajstić information content (AvgIpc) is 2.25. The molecular weight excluding hydrogens is 276 g/mol. The minimum atomic E-state index is -0.962. The number of urea groups is 1. The van der Waals surface area contributed by atoms with Gasteiger partial charge in [-0.2, -0.15) is 0 Å². The van der Waals surface area contributed by atoms with Crippen LogP contribution in [0.2, 0.25) is 0 Å². The molecule has 2 amide bonds. The highest BCUT2D eigenvalue weighted by atomic mass is 16.5. The maximum absolute atomic E-state index is 11.7. The molecule has 0 saturated carbocycles. The summed E-state index contributed by atoms with van der Waals surface area (Å²) in [6.45, 7) is 8.09. The molecule has 0 saturated heterocycles. The number of amides is 2. The lowest BCUT2D eigenvalue weighted by molar-refractivity contribution is -0.143. The average molecular weight is 302 g/mol. The molecule has 0 aromatic carbocycles. The van der Waals surface area contributed by atoms with Crippen LogP contribution in [0, 0.1) is 5.41 Å². The van der Waals surface area contributed by atoms with Gasteiger partial charge in [-0.1, -0.05) is 20.8 Å². The van der Waals surface area contributed by atoms with Gasteiger partial charge in [-0.3, -0.25) is 9.59 Å². The van der Waals surface area contributed by atoms with Crippen LogP contribution < -0.4 is 10.6 Å². The Balaban J connectivity index is 4.21. The first-order valence-corrected chi connectivity index (χ1v) is 7.06. The van der Waals surface area contributed by atoms with E-state index >= 15 is 0 Å². The number of esters is 1. The van der Waals surface area contributed by atoms with Crippen molar-refractivity contribution in [3.05, 3.63) is 0 Å². The van der Waals surface area contributed by atoms with Gasteiger partial charge in [0.15, 0.2) is 0 Å².